The van der Waals surface area contributed by atoms with Gasteiger partial charge in [-0.2, -0.15) is 5.48 Å². The Labute approximate surface area is 85.9 Å². The summed E-state index contributed by atoms with van der Waals surface area (Å²) in [6, 6.07) is 7.79. The number of amides is 2. The number of hydrogen-bond acceptors (Lipinski definition) is 4. The van der Waals surface area contributed by atoms with Gasteiger partial charge in [-0.25, -0.2) is 9.59 Å². The molecule has 15 heavy (non-hydrogen) atoms. The lowest BCUT2D eigenvalue weighted by molar-refractivity contribution is -0.150. The maximum atomic E-state index is 10.9. The standard InChI is InChI=1S/C9H10N2O4/c10-9(13)11-15-8(12)6-14-7-4-2-1-3-5-7/h1-5H,6H2,(H3,10,11,13). The molecular formula is C9H10N2O4. The van der Waals surface area contributed by atoms with E-state index in [1.165, 1.54) is 0 Å². The molecule has 3 N–H and O–H groups in total. The summed E-state index contributed by atoms with van der Waals surface area (Å²) in [5, 5.41) is 0. The van der Waals surface area contributed by atoms with Crippen LogP contribution in [0.3, 0.4) is 0 Å². The van der Waals surface area contributed by atoms with E-state index < -0.39 is 12.0 Å². The zero-order valence-electron chi connectivity index (χ0n) is 7.80. The molecule has 0 radical (unpaired) electrons. The minimum atomic E-state index is -0.942. The van der Waals surface area contributed by atoms with Crippen molar-refractivity contribution in [3.63, 3.8) is 0 Å². The van der Waals surface area contributed by atoms with Crippen molar-refractivity contribution in [2.24, 2.45) is 5.73 Å². The van der Waals surface area contributed by atoms with Gasteiger partial charge in [-0.1, -0.05) is 18.2 Å². The van der Waals surface area contributed by atoms with Crippen molar-refractivity contribution in [1.82, 2.24) is 5.48 Å². The molecule has 0 aliphatic carbocycles. The highest BCUT2D eigenvalue weighted by Crippen LogP contribution is 2.07. The maximum absolute atomic E-state index is 10.9. The molecule has 0 atom stereocenters. The highest BCUT2D eigenvalue weighted by Gasteiger charge is 2.05. The van der Waals surface area contributed by atoms with Crippen LogP contribution in [-0.4, -0.2) is 18.6 Å². The lowest BCUT2D eigenvalue weighted by Crippen LogP contribution is -2.33. The number of rotatable bonds is 3. The van der Waals surface area contributed by atoms with Gasteiger partial charge in [0, 0.05) is 0 Å². The highest BCUT2D eigenvalue weighted by atomic mass is 16.7. The van der Waals surface area contributed by atoms with E-state index >= 15 is 0 Å². The smallest absolute Gasteiger partial charge is 0.369 e. The summed E-state index contributed by atoms with van der Waals surface area (Å²) in [5.74, 6) is -0.203. The fourth-order valence-corrected chi connectivity index (χ4v) is 0.796. The number of nitrogens with one attached hydrogen (secondary N) is 1. The van der Waals surface area contributed by atoms with Gasteiger partial charge in [-0.3, -0.25) is 0 Å². The van der Waals surface area contributed by atoms with Gasteiger partial charge < -0.3 is 15.3 Å². The third kappa shape index (κ3) is 4.51. The summed E-state index contributed by atoms with van der Waals surface area (Å²) in [7, 11) is 0. The second kappa shape index (κ2) is 5.48. The van der Waals surface area contributed by atoms with Gasteiger partial charge in [-0.05, 0) is 12.1 Å². The Hall–Kier alpha value is -2.24. The maximum Gasteiger partial charge on any atom is 0.369 e. The molecule has 6 heteroatoms. The number of hydroxylamine groups is 1. The molecule has 0 heterocycles. The molecule has 2 amide bonds. The molecule has 6 nitrogen and oxygen atoms in total. The topological polar surface area (TPSA) is 90.7 Å². The van der Waals surface area contributed by atoms with Gasteiger partial charge in [0.2, 0.25) is 0 Å². The van der Waals surface area contributed by atoms with E-state index in [0.29, 0.717) is 5.75 Å². The molecule has 1 aromatic carbocycles. The predicted octanol–water partition coefficient (Wildman–Crippen LogP) is 0.192. The summed E-state index contributed by atoms with van der Waals surface area (Å²) >= 11 is 0. The molecule has 0 unspecified atom stereocenters. The van der Waals surface area contributed by atoms with Crippen LogP contribution >= 0.6 is 0 Å². The molecule has 1 aromatic rings. The Morgan fingerprint density at radius 3 is 2.53 bits per heavy atom. The van der Waals surface area contributed by atoms with Crippen molar-refractivity contribution in [2.45, 2.75) is 0 Å². The van der Waals surface area contributed by atoms with Crippen molar-refractivity contribution in [3.05, 3.63) is 30.3 Å². The van der Waals surface area contributed by atoms with Crippen LogP contribution in [0.25, 0.3) is 0 Å². The van der Waals surface area contributed by atoms with E-state index in [1.54, 1.807) is 29.7 Å². The Morgan fingerprint density at radius 2 is 1.93 bits per heavy atom. The van der Waals surface area contributed by atoms with E-state index in [9.17, 15) is 9.59 Å². The van der Waals surface area contributed by atoms with Gasteiger partial charge >= 0.3 is 12.0 Å². The first kappa shape index (κ1) is 10.8. The fraction of sp³-hybridized carbons (Fsp3) is 0.111. The van der Waals surface area contributed by atoms with E-state index in [4.69, 9.17) is 4.74 Å². The molecule has 0 spiro atoms. The largest absolute Gasteiger partial charge is 0.482 e. The van der Waals surface area contributed by atoms with E-state index in [1.807, 2.05) is 6.07 Å². The minimum absolute atomic E-state index is 0.301. The van der Waals surface area contributed by atoms with Gasteiger partial charge in [0.05, 0.1) is 0 Å². The van der Waals surface area contributed by atoms with Crippen LogP contribution in [0.5, 0.6) is 5.75 Å². The number of nitrogens with two attached hydrogens (primary N) is 1. The number of primary amides is 1. The average Bonchev–Trinajstić information content (AvgIpc) is 2.25. The highest BCUT2D eigenvalue weighted by molar-refractivity contribution is 5.75. The van der Waals surface area contributed by atoms with Crippen molar-refractivity contribution in [1.29, 1.82) is 0 Å². The molecule has 0 fully saturated rings. The summed E-state index contributed by atoms with van der Waals surface area (Å²) in [5.41, 5.74) is 6.37. The number of benzene rings is 1. The van der Waals surface area contributed by atoms with Crippen LogP contribution in [0, 0.1) is 0 Å². The number of carbonyl (C=O) groups is 2. The van der Waals surface area contributed by atoms with Crippen LogP contribution in [-0.2, 0) is 9.63 Å². The van der Waals surface area contributed by atoms with Gasteiger partial charge in [-0.15, -0.1) is 0 Å². The summed E-state index contributed by atoms with van der Waals surface area (Å²) < 4.78 is 5.03. The monoisotopic (exact) mass is 210 g/mol. The van der Waals surface area contributed by atoms with Crippen LogP contribution in [0.4, 0.5) is 4.79 Å². The molecular weight excluding hydrogens is 200 g/mol. The van der Waals surface area contributed by atoms with Crippen LogP contribution < -0.4 is 16.0 Å². The first-order valence-corrected chi connectivity index (χ1v) is 4.11. The van der Waals surface area contributed by atoms with Gasteiger partial charge in [0.25, 0.3) is 0 Å². The Balaban J connectivity index is 2.26. The summed E-state index contributed by atoms with van der Waals surface area (Å²) in [4.78, 5) is 25.3. The minimum Gasteiger partial charge on any atom is -0.482 e. The quantitative estimate of drug-likeness (QED) is 0.697. The predicted molar refractivity (Wildman–Crippen MR) is 50.7 cm³/mol. The zero-order valence-corrected chi connectivity index (χ0v) is 7.80. The first-order chi connectivity index (χ1) is 7.18. The Kier molecular flexibility index (Phi) is 3.96. The van der Waals surface area contributed by atoms with Crippen molar-refractivity contribution >= 4 is 12.0 Å². The van der Waals surface area contributed by atoms with Crippen molar-refractivity contribution in [2.75, 3.05) is 6.61 Å². The molecule has 0 saturated carbocycles. The third-order valence-corrected chi connectivity index (χ3v) is 1.37. The lowest BCUT2D eigenvalue weighted by Gasteiger charge is -2.05. The SMILES string of the molecule is NC(=O)NOC(=O)COc1ccccc1. The van der Waals surface area contributed by atoms with Gasteiger partial charge in [0.1, 0.15) is 5.75 Å². The molecule has 0 aliphatic rings. The molecule has 0 bridgehead atoms. The molecule has 80 valence electrons. The summed E-state index contributed by atoms with van der Waals surface area (Å²) in [6.45, 7) is -0.301. The molecule has 0 aliphatic heterocycles. The fourth-order valence-electron chi connectivity index (χ4n) is 0.796. The Morgan fingerprint density at radius 1 is 1.27 bits per heavy atom. The lowest BCUT2D eigenvalue weighted by atomic mass is 10.3. The first-order valence-electron chi connectivity index (χ1n) is 4.11. The summed E-state index contributed by atoms with van der Waals surface area (Å²) in [6.07, 6.45) is 0. The number of hydrogen-bond donors (Lipinski definition) is 2. The average molecular weight is 210 g/mol. The second-order valence-corrected chi connectivity index (χ2v) is 2.54. The number of para-hydroxylation sites is 1. The van der Waals surface area contributed by atoms with E-state index in [0.717, 1.165) is 0 Å². The van der Waals surface area contributed by atoms with E-state index in [2.05, 4.69) is 10.6 Å². The Bertz CT molecular complexity index is 339. The molecule has 0 saturated heterocycles. The second-order valence-electron chi connectivity index (χ2n) is 2.54. The number of carbonyl (C=O) groups excluding carboxylic acids is 2. The number of urea groups is 1. The number of ether oxygens (including phenoxy) is 1. The van der Waals surface area contributed by atoms with Crippen LogP contribution in [0.15, 0.2) is 30.3 Å². The van der Waals surface area contributed by atoms with Crippen molar-refractivity contribution in [3.8, 4) is 5.75 Å². The van der Waals surface area contributed by atoms with Crippen LogP contribution in [0.2, 0.25) is 0 Å². The third-order valence-electron chi connectivity index (χ3n) is 1.37. The molecule has 0 aromatic heterocycles. The van der Waals surface area contributed by atoms with E-state index in [-0.39, 0.29) is 6.61 Å². The van der Waals surface area contributed by atoms with Crippen LogP contribution in [0.1, 0.15) is 0 Å². The normalized spacial score (nSPS) is 9.07. The molecule has 1 rings (SSSR count). The van der Waals surface area contributed by atoms with Crippen molar-refractivity contribution < 1.29 is 19.2 Å². The zero-order chi connectivity index (χ0) is 11.1. The van der Waals surface area contributed by atoms with Gasteiger partial charge in [0.15, 0.2) is 6.61 Å².